The number of nitrogens with one attached hydrogen (secondary N) is 2. The van der Waals surface area contributed by atoms with Crippen LogP contribution in [0.5, 0.6) is 0 Å². The van der Waals surface area contributed by atoms with E-state index < -0.39 is 0 Å². The maximum Gasteiger partial charge on any atom is 0.273 e. The molecular weight excluding hydrogens is 372 g/mol. The Morgan fingerprint density at radius 2 is 2.00 bits per heavy atom. The number of carbonyl (C=O) groups is 1. The lowest BCUT2D eigenvalue weighted by Crippen LogP contribution is -2.47. The van der Waals surface area contributed by atoms with Gasteiger partial charge in [-0.3, -0.25) is 4.79 Å². The van der Waals surface area contributed by atoms with Gasteiger partial charge in [-0.15, -0.1) is 0 Å². The number of carbonyl (C=O) groups excluding carboxylic acids is 1. The summed E-state index contributed by atoms with van der Waals surface area (Å²) in [6.07, 6.45) is 6.84. The Hall–Kier alpha value is -1.05. The van der Waals surface area contributed by atoms with Gasteiger partial charge in [0.15, 0.2) is 5.69 Å². The summed E-state index contributed by atoms with van der Waals surface area (Å²) in [6, 6.07) is 3.77. The Balaban J connectivity index is 1.21. The van der Waals surface area contributed by atoms with Crippen molar-refractivity contribution in [3.8, 4) is 0 Å². The van der Waals surface area contributed by atoms with E-state index in [1.807, 2.05) is 18.0 Å². The molecule has 7 heteroatoms. The SMILES string of the molecule is CC1CC(CSN2CCC(NC(=O)c3cc(C4CC4)on3)CC2C)CC(C)N1. The van der Waals surface area contributed by atoms with E-state index in [9.17, 15) is 4.79 Å². The monoisotopic (exact) mass is 406 g/mol. The number of hydrogen-bond donors (Lipinski definition) is 2. The molecule has 4 unspecified atom stereocenters. The van der Waals surface area contributed by atoms with Gasteiger partial charge in [-0.05, 0) is 65.2 Å². The Labute approximate surface area is 172 Å². The summed E-state index contributed by atoms with van der Waals surface area (Å²) in [5.74, 6) is 3.27. The van der Waals surface area contributed by atoms with Crippen molar-refractivity contribution in [2.45, 2.75) is 89.4 Å². The third-order valence-electron chi connectivity index (χ3n) is 6.31. The molecular formula is C21H34N4O2S. The number of nitrogens with zero attached hydrogens (tertiary/aromatic N) is 2. The van der Waals surface area contributed by atoms with Crippen molar-refractivity contribution in [1.82, 2.24) is 20.1 Å². The smallest absolute Gasteiger partial charge is 0.273 e. The molecule has 1 saturated carbocycles. The lowest BCUT2D eigenvalue weighted by Gasteiger charge is -2.39. The number of hydrogen-bond acceptors (Lipinski definition) is 6. The van der Waals surface area contributed by atoms with Crippen LogP contribution in [0.3, 0.4) is 0 Å². The van der Waals surface area contributed by atoms with Gasteiger partial charge in [0.25, 0.3) is 5.91 Å². The first-order chi connectivity index (χ1) is 13.5. The van der Waals surface area contributed by atoms with E-state index in [1.54, 1.807) is 0 Å². The van der Waals surface area contributed by atoms with Crippen molar-refractivity contribution in [2.24, 2.45) is 5.92 Å². The minimum atomic E-state index is -0.0911. The third kappa shape index (κ3) is 5.10. The van der Waals surface area contributed by atoms with Crippen molar-refractivity contribution in [3.05, 3.63) is 17.5 Å². The van der Waals surface area contributed by atoms with Gasteiger partial charge in [-0.2, -0.15) is 0 Å². The number of amides is 1. The van der Waals surface area contributed by atoms with Gasteiger partial charge in [0, 0.05) is 48.4 Å². The van der Waals surface area contributed by atoms with Gasteiger partial charge in [-0.1, -0.05) is 17.1 Å². The van der Waals surface area contributed by atoms with Crippen LogP contribution in [0.2, 0.25) is 0 Å². The summed E-state index contributed by atoms with van der Waals surface area (Å²) in [5, 5.41) is 10.8. The molecule has 2 N–H and O–H groups in total. The van der Waals surface area contributed by atoms with Gasteiger partial charge >= 0.3 is 0 Å². The molecule has 1 aromatic heterocycles. The molecule has 28 heavy (non-hydrogen) atoms. The molecule has 0 spiro atoms. The summed E-state index contributed by atoms with van der Waals surface area (Å²) in [5.41, 5.74) is 0.431. The van der Waals surface area contributed by atoms with Crippen molar-refractivity contribution in [1.29, 1.82) is 0 Å². The van der Waals surface area contributed by atoms with E-state index in [0.717, 1.165) is 43.9 Å². The van der Waals surface area contributed by atoms with E-state index in [0.29, 0.717) is 29.7 Å². The zero-order valence-corrected chi connectivity index (χ0v) is 18.1. The lowest BCUT2D eigenvalue weighted by molar-refractivity contribution is 0.0906. The molecule has 0 aromatic carbocycles. The van der Waals surface area contributed by atoms with Gasteiger partial charge in [0.05, 0.1) is 0 Å². The van der Waals surface area contributed by atoms with Crippen LogP contribution in [-0.4, -0.2) is 51.8 Å². The van der Waals surface area contributed by atoms with Crippen molar-refractivity contribution in [3.63, 3.8) is 0 Å². The first-order valence-electron chi connectivity index (χ1n) is 10.9. The highest BCUT2D eigenvalue weighted by atomic mass is 32.2. The molecule has 2 saturated heterocycles. The largest absolute Gasteiger partial charge is 0.360 e. The van der Waals surface area contributed by atoms with E-state index in [2.05, 4.69) is 40.9 Å². The Kier molecular flexibility index (Phi) is 6.33. The van der Waals surface area contributed by atoms with Gasteiger partial charge in [0.2, 0.25) is 0 Å². The third-order valence-corrected chi connectivity index (χ3v) is 7.80. The number of piperidine rings is 2. The fraction of sp³-hybridized carbons (Fsp3) is 0.810. The van der Waals surface area contributed by atoms with Gasteiger partial charge in [0.1, 0.15) is 5.76 Å². The minimum absolute atomic E-state index is 0.0911. The van der Waals surface area contributed by atoms with Crippen LogP contribution < -0.4 is 10.6 Å². The van der Waals surface area contributed by atoms with E-state index >= 15 is 0 Å². The molecule has 1 aromatic rings. The summed E-state index contributed by atoms with van der Waals surface area (Å²) in [7, 11) is 0. The number of rotatable bonds is 6. The first-order valence-corrected chi connectivity index (χ1v) is 11.8. The molecule has 1 aliphatic carbocycles. The zero-order chi connectivity index (χ0) is 19.7. The molecule has 1 amide bonds. The second kappa shape index (κ2) is 8.76. The van der Waals surface area contributed by atoms with Crippen LogP contribution in [0.15, 0.2) is 10.6 Å². The topological polar surface area (TPSA) is 70.4 Å². The normalized spacial score (nSPS) is 34.3. The predicted octanol–water partition coefficient (Wildman–Crippen LogP) is 3.56. The van der Waals surface area contributed by atoms with Crippen molar-refractivity contribution < 1.29 is 9.32 Å². The standard InChI is InChI=1S/C21H34N4O2S/c1-13-8-16(9-14(2)22-13)12-28-25-7-6-18(10-15(25)3)23-21(26)19-11-20(27-24-19)17-4-5-17/h11,13-18,22H,4-10,12H2,1-3H3,(H,23,26). The second-order valence-corrected chi connectivity index (χ2v) is 10.2. The summed E-state index contributed by atoms with van der Waals surface area (Å²) in [6.45, 7) is 7.90. The van der Waals surface area contributed by atoms with Crippen LogP contribution in [-0.2, 0) is 0 Å². The fourth-order valence-electron chi connectivity index (χ4n) is 4.74. The van der Waals surface area contributed by atoms with Gasteiger partial charge < -0.3 is 15.2 Å². The zero-order valence-electron chi connectivity index (χ0n) is 17.3. The average Bonchev–Trinajstić information content (AvgIpc) is 3.37. The van der Waals surface area contributed by atoms with Crippen molar-refractivity contribution >= 4 is 17.9 Å². The molecule has 3 aliphatic rings. The molecule has 2 aliphatic heterocycles. The van der Waals surface area contributed by atoms with Gasteiger partial charge in [-0.25, -0.2) is 4.31 Å². The second-order valence-electron chi connectivity index (χ2n) is 9.18. The molecule has 156 valence electrons. The highest BCUT2D eigenvalue weighted by molar-refractivity contribution is 7.97. The molecule has 0 bridgehead atoms. The van der Waals surface area contributed by atoms with Crippen LogP contribution >= 0.6 is 11.9 Å². The van der Waals surface area contributed by atoms with E-state index in [4.69, 9.17) is 4.52 Å². The Morgan fingerprint density at radius 3 is 2.68 bits per heavy atom. The lowest BCUT2D eigenvalue weighted by atomic mass is 9.91. The van der Waals surface area contributed by atoms with Crippen LogP contribution in [0.4, 0.5) is 0 Å². The highest BCUT2D eigenvalue weighted by Gasteiger charge is 2.31. The minimum Gasteiger partial charge on any atom is -0.360 e. The Morgan fingerprint density at radius 1 is 1.25 bits per heavy atom. The van der Waals surface area contributed by atoms with Crippen LogP contribution in [0, 0.1) is 5.92 Å². The van der Waals surface area contributed by atoms with E-state index in [-0.39, 0.29) is 11.9 Å². The molecule has 6 nitrogen and oxygen atoms in total. The quantitative estimate of drug-likeness (QED) is 0.704. The molecule has 3 heterocycles. The summed E-state index contributed by atoms with van der Waals surface area (Å²) >= 11 is 2.01. The summed E-state index contributed by atoms with van der Waals surface area (Å²) < 4.78 is 7.84. The number of aromatic nitrogens is 1. The van der Waals surface area contributed by atoms with Crippen molar-refractivity contribution in [2.75, 3.05) is 12.3 Å². The fourth-order valence-corrected chi connectivity index (χ4v) is 5.99. The van der Waals surface area contributed by atoms with E-state index in [1.165, 1.54) is 18.6 Å². The van der Waals surface area contributed by atoms with Crippen LogP contribution in [0.1, 0.15) is 81.5 Å². The Bertz CT molecular complexity index is 667. The highest BCUT2D eigenvalue weighted by Crippen LogP contribution is 2.40. The van der Waals surface area contributed by atoms with Crippen LogP contribution in [0.25, 0.3) is 0 Å². The first kappa shape index (κ1) is 20.2. The average molecular weight is 407 g/mol. The predicted molar refractivity (Wildman–Crippen MR) is 112 cm³/mol. The molecule has 4 rings (SSSR count). The molecule has 0 radical (unpaired) electrons. The molecule has 3 fully saturated rings. The maximum atomic E-state index is 12.5. The summed E-state index contributed by atoms with van der Waals surface area (Å²) in [4.78, 5) is 12.5. The maximum absolute atomic E-state index is 12.5. The molecule has 4 atom stereocenters.